The molecule has 3 amide bonds. The van der Waals surface area contributed by atoms with Crippen molar-refractivity contribution in [2.24, 2.45) is 0 Å². The molecule has 3 heterocycles. The molecule has 0 atom stereocenters. The van der Waals surface area contributed by atoms with Crippen LogP contribution in [0, 0.1) is 0 Å². The first-order chi connectivity index (χ1) is 18.6. The van der Waals surface area contributed by atoms with Crippen molar-refractivity contribution < 1.29 is 14.4 Å². The van der Waals surface area contributed by atoms with Crippen LogP contribution in [-0.2, 0) is 17.6 Å². The summed E-state index contributed by atoms with van der Waals surface area (Å²) in [6, 6.07) is 23.2. The van der Waals surface area contributed by atoms with Crippen LogP contribution in [0.25, 0.3) is 21.8 Å². The summed E-state index contributed by atoms with van der Waals surface area (Å²) < 4.78 is 0. The van der Waals surface area contributed by atoms with E-state index in [1.54, 1.807) is 12.1 Å². The third-order valence-corrected chi connectivity index (χ3v) is 6.24. The Hall–Kier alpha value is -4.92. The third-order valence-electron chi connectivity index (χ3n) is 6.24. The Balaban J connectivity index is 1.09. The van der Waals surface area contributed by atoms with Crippen LogP contribution in [0.1, 0.15) is 32.2 Å². The maximum Gasteiger partial charge on any atom is 0.271 e. The summed E-state index contributed by atoms with van der Waals surface area (Å²) in [5, 5.41) is 10.4. The van der Waals surface area contributed by atoms with E-state index >= 15 is 0 Å². The molecule has 0 unspecified atom stereocenters. The number of carbonyl (C=O) groups is 3. The number of fused-ring (bicyclic) bond motifs is 2. The minimum Gasteiger partial charge on any atom is -0.358 e. The van der Waals surface area contributed by atoms with Gasteiger partial charge in [0, 0.05) is 54.5 Å². The van der Waals surface area contributed by atoms with Crippen LogP contribution in [0.3, 0.4) is 0 Å². The van der Waals surface area contributed by atoms with Gasteiger partial charge < -0.3 is 25.9 Å². The lowest BCUT2D eigenvalue weighted by Gasteiger charge is -2.10. The number of rotatable bonds is 10. The molecule has 5 N–H and O–H groups in total. The van der Waals surface area contributed by atoms with E-state index < -0.39 is 11.8 Å². The van der Waals surface area contributed by atoms with Crippen LogP contribution in [0.4, 0.5) is 0 Å². The maximum absolute atomic E-state index is 12.8. The van der Waals surface area contributed by atoms with Gasteiger partial charge in [-0.1, -0.05) is 36.4 Å². The lowest BCUT2D eigenvalue weighted by atomic mass is 10.1. The van der Waals surface area contributed by atoms with Gasteiger partial charge in [-0.3, -0.25) is 19.4 Å². The molecule has 5 rings (SSSR count). The highest BCUT2D eigenvalue weighted by Gasteiger charge is 2.18. The predicted octanol–water partition coefficient (Wildman–Crippen LogP) is 3.11. The summed E-state index contributed by atoms with van der Waals surface area (Å²) in [5.74, 6) is -1.31. The van der Waals surface area contributed by atoms with Crippen LogP contribution >= 0.6 is 0 Å². The molecule has 0 spiro atoms. The minimum absolute atomic E-state index is 0.0264. The average molecular weight is 509 g/mol. The zero-order chi connectivity index (χ0) is 26.3. The second-order valence-corrected chi connectivity index (χ2v) is 8.95. The van der Waals surface area contributed by atoms with Crippen LogP contribution in [0.15, 0.2) is 79.0 Å². The molecule has 9 nitrogen and oxygen atoms in total. The fraction of sp³-hybridized carbons (Fsp3) is 0.172. The molecule has 0 saturated heterocycles. The van der Waals surface area contributed by atoms with E-state index in [9.17, 15) is 14.4 Å². The van der Waals surface area contributed by atoms with E-state index in [4.69, 9.17) is 0 Å². The summed E-state index contributed by atoms with van der Waals surface area (Å²) in [7, 11) is 0. The molecule has 192 valence electrons. The molecule has 0 fully saturated rings. The molecule has 3 aromatic heterocycles. The third kappa shape index (κ3) is 5.89. The smallest absolute Gasteiger partial charge is 0.271 e. The standard InChI is InChI=1S/C29H28N6O3/c36-26(30-14-11-21-16-19-6-1-3-9-24(19)34-21)18-33-29(38)27-23(8-5-13-31-27)28(37)32-15-12-22-17-20-7-2-4-10-25(20)35-22/h1-10,13,16-17,34-35H,11-12,14-15,18H2,(H,30,36)(H,32,37)(H,33,38). The van der Waals surface area contributed by atoms with Gasteiger partial charge in [0.2, 0.25) is 5.91 Å². The van der Waals surface area contributed by atoms with E-state index in [2.05, 4.69) is 43.0 Å². The van der Waals surface area contributed by atoms with Gasteiger partial charge in [0.05, 0.1) is 12.1 Å². The fourth-order valence-electron chi connectivity index (χ4n) is 4.36. The van der Waals surface area contributed by atoms with Gasteiger partial charge in [0.25, 0.3) is 11.8 Å². The summed E-state index contributed by atoms with van der Waals surface area (Å²) in [6.07, 6.45) is 2.69. The number of amides is 3. The number of H-pyrrole nitrogens is 2. The topological polar surface area (TPSA) is 132 Å². The number of benzene rings is 2. The largest absolute Gasteiger partial charge is 0.358 e. The molecular formula is C29H28N6O3. The van der Waals surface area contributed by atoms with Gasteiger partial charge in [-0.25, -0.2) is 0 Å². The molecule has 9 heteroatoms. The molecule has 5 aromatic rings. The second kappa shape index (κ2) is 11.4. The first kappa shape index (κ1) is 24.8. The maximum atomic E-state index is 12.8. The van der Waals surface area contributed by atoms with Crippen LogP contribution in [-0.4, -0.2) is 52.3 Å². The Labute approximate surface area is 219 Å². The summed E-state index contributed by atoms with van der Waals surface area (Å²) in [6.45, 7) is 0.596. The monoisotopic (exact) mass is 508 g/mol. The van der Waals surface area contributed by atoms with Crippen LogP contribution in [0.5, 0.6) is 0 Å². The first-order valence-corrected chi connectivity index (χ1v) is 12.5. The number of nitrogens with zero attached hydrogens (tertiary/aromatic N) is 1. The highest BCUT2D eigenvalue weighted by molar-refractivity contribution is 6.06. The molecule has 38 heavy (non-hydrogen) atoms. The van der Waals surface area contributed by atoms with Crippen molar-refractivity contribution in [3.8, 4) is 0 Å². The number of para-hydroxylation sites is 2. The van der Waals surface area contributed by atoms with Gasteiger partial charge in [-0.15, -0.1) is 0 Å². The number of aromatic nitrogens is 3. The molecule has 0 aliphatic heterocycles. The Kier molecular flexibility index (Phi) is 7.44. The minimum atomic E-state index is -0.586. The highest BCUT2D eigenvalue weighted by Crippen LogP contribution is 2.15. The summed E-state index contributed by atoms with van der Waals surface area (Å²) in [4.78, 5) is 48.5. The van der Waals surface area contributed by atoms with Gasteiger partial charge in [-0.2, -0.15) is 0 Å². The fourth-order valence-corrected chi connectivity index (χ4v) is 4.36. The number of hydrogen-bond donors (Lipinski definition) is 5. The van der Waals surface area contributed by atoms with E-state index in [0.29, 0.717) is 25.9 Å². The summed E-state index contributed by atoms with van der Waals surface area (Å²) in [5.41, 5.74) is 4.24. The Morgan fingerprint density at radius 1 is 0.684 bits per heavy atom. The van der Waals surface area contributed by atoms with Crippen molar-refractivity contribution in [1.29, 1.82) is 0 Å². The zero-order valence-electron chi connectivity index (χ0n) is 20.7. The van der Waals surface area contributed by atoms with E-state index in [0.717, 1.165) is 33.2 Å². The van der Waals surface area contributed by atoms with E-state index in [-0.39, 0.29) is 23.7 Å². The first-order valence-electron chi connectivity index (χ1n) is 12.5. The molecule has 0 radical (unpaired) electrons. The van der Waals surface area contributed by atoms with Crippen molar-refractivity contribution in [3.05, 3.63) is 102 Å². The SMILES string of the molecule is O=C(CNC(=O)c1ncccc1C(=O)NCCc1cc2ccccc2[nH]1)NCCc1cc2ccccc2[nH]1. The van der Waals surface area contributed by atoms with Crippen molar-refractivity contribution >= 4 is 39.5 Å². The van der Waals surface area contributed by atoms with Crippen LogP contribution in [0.2, 0.25) is 0 Å². The lowest BCUT2D eigenvalue weighted by Crippen LogP contribution is -2.39. The molecule has 2 aromatic carbocycles. The van der Waals surface area contributed by atoms with Crippen molar-refractivity contribution in [2.45, 2.75) is 12.8 Å². The highest BCUT2D eigenvalue weighted by atomic mass is 16.2. The molecule has 0 aliphatic rings. The van der Waals surface area contributed by atoms with E-state index in [1.165, 1.54) is 6.20 Å². The van der Waals surface area contributed by atoms with Crippen molar-refractivity contribution in [2.75, 3.05) is 19.6 Å². The Bertz CT molecular complexity index is 1540. The van der Waals surface area contributed by atoms with Gasteiger partial charge in [-0.05, 0) is 47.2 Å². The van der Waals surface area contributed by atoms with Crippen molar-refractivity contribution in [3.63, 3.8) is 0 Å². The van der Waals surface area contributed by atoms with Gasteiger partial charge in [0.15, 0.2) is 0 Å². The average Bonchev–Trinajstić information content (AvgIpc) is 3.55. The lowest BCUT2D eigenvalue weighted by molar-refractivity contribution is -0.120. The molecular weight excluding hydrogens is 480 g/mol. The Morgan fingerprint density at radius 3 is 1.92 bits per heavy atom. The van der Waals surface area contributed by atoms with Crippen molar-refractivity contribution in [1.82, 2.24) is 30.9 Å². The molecule has 0 saturated carbocycles. The normalized spacial score (nSPS) is 10.9. The number of hydrogen-bond acceptors (Lipinski definition) is 4. The molecule has 0 bridgehead atoms. The number of carbonyl (C=O) groups excluding carboxylic acids is 3. The zero-order valence-corrected chi connectivity index (χ0v) is 20.7. The number of pyridine rings is 1. The summed E-state index contributed by atoms with van der Waals surface area (Å²) >= 11 is 0. The quantitative estimate of drug-likeness (QED) is 0.198. The number of nitrogens with one attached hydrogen (secondary N) is 5. The number of aromatic amines is 2. The second-order valence-electron chi connectivity index (χ2n) is 8.95. The van der Waals surface area contributed by atoms with Gasteiger partial charge >= 0.3 is 0 Å². The predicted molar refractivity (Wildman–Crippen MR) is 146 cm³/mol. The van der Waals surface area contributed by atoms with E-state index in [1.807, 2.05) is 48.5 Å². The van der Waals surface area contributed by atoms with Crippen LogP contribution < -0.4 is 16.0 Å². The van der Waals surface area contributed by atoms with Gasteiger partial charge in [0.1, 0.15) is 5.69 Å². The Morgan fingerprint density at radius 2 is 1.29 bits per heavy atom. The molecule has 0 aliphatic carbocycles.